The van der Waals surface area contributed by atoms with Crippen molar-refractivity contribution in [2.45, 2.75) is 44.4 Å². The normalized spacial score (nSPS) is 16.7. The topological polar surface area (TPSA) is 90.0 Å². The lowest BCUT2D eigenvalue weighted by atomic mass is 9.97. The summed E-state index contributed by atoms with van der Waals surface area (Å²) in [4.78, 5) is 27.2. The third kappa shape index (κ3) is 5.44. The minimum Gasteiger partial charge on any atom is -0.466 e. The van der Waals surface area contributed by atoms with E-state index in [1.807, 2.05) is 0 Å². The second kappa shape index (κ2) is 9.91. The summed E-state index contributed by atoms with van der Waals surface area (Å²) < 4.78 is 10.8. The second-order valence-electron chi connectivity index (χ2n) is 6.64. The van der Waals surface area contributed by atoms with Crippen LogP contribution in [0.2, 0.25) is 0 Å². The number of carbonyl (C=O) groups excluding carboxylic acids is 2. The quantitative estimate of drug-likeness (QED) is 0.516. The van der Waals surface area contributed by atoms with Gasteiger partial charge in [-0.1, -0.05) is 18.7 Å². The molecule has 0 aliphatic carbocycles. The lowest BCUT2D eigenvalue weighted by Crippen LogP contribution is -3.06. The zero-order chi connectivity index (χ0) is 19.1. The van der Waals surface area contributed by atoms with Gasteiger partial charge in [0.05, 0.1) is 32.4 Å². The highest BCUT2D eigenvalue weighted by Crippen LogP contribution is 2.22. The van der Waals surface area contributed by atoms with E-state index < -0.39 is 0 Å². The molecule has 26 heavy (non-hydrogen) atoms. The van der Waals surface area contributed by atoms with Crippen molar-refractivity contribution in [2.75, 3.05) is 39.5 Å². The Morgan fingerprint density at radius 1 is 1.31 bits per heavy atom. The number of piperidine rings is 1. The molecular formula is C17H29N4O4S+. The van der Waals surface area contributed by atoms with E-state index in [2.05, 4.69) is 31.2 Å². The summed E-state index contributed by atoms with van der Waals surface area (Å²) in [6.45, 7) is 5.45. The zero-order valence-electron chi connectivity index (χ0n) is 16.0. The molecule has 1 N–H and O–H groups in total. The third-order valence-electron chi connectivity index (χ3n) is 4.61. The molecule has 9 heteroatoms. The van der Waals surface area contributed by atoms with Gasteiger partial charge in [-0.3, -0.25) is 9.59 Å². The zero-order valence-corrected chi connectivity index (χ0v) is 16.8. The maximum Gasteiger partial charge on any atom is 0.309 e. The van der Waals surface area contributed by atoms with Crippen LogP contribution in [0.5, 0.6) is 0 Å². The van der Waals surface area contributed by atoms with Crippen LogP contribution < -0.4 is 4.90 Å². The molecule has 1 fully saturated rings. The molecule has 2 heterocycles. The Balaban J connectivity index is 1.79. The molecule has 1 aromatic rings. The van der Waals surface area contributed by atoms with E-state index in [9.17, 15) is 9.59 Å². The molecule has 1 aliphatic heterocycles. The molecule has 1 atom stereocenters. The molecule has 1 aliphatic rings. The first-order valence-corrected chi connectivity index (χ1v) is 10.1. The second-order valence-corrected chi connectivity index (χ2v) is 7.57. The molecule has 1 aromatic heterocycles. The number of carbonyl (C=O) groups is 2. The van der Waals surface area contributed by atoms with Gasteiger partial charge in [0.15, 0.2) is 6.04 Å². The summed E-state index contributed by atoms with van der Waals surface area (Å²) >= 11 is 1.27. The summed E-state index contributed by atoms with van der Waals surface area (Å²) in [5.41, 5.74) is 0. The number of hydrogen-bond donors (Lipinski definition) is 1. The van der Waals surface area contributed by atoms with E-state index in [1.165, 1.54) is 16.7 Å². The molecule has 1 saturated heterocycles. The Bertz CT molecular complexity index is 599. The van der Waals surface area contributed by atoms with E-state index in [4.69, 9.17) is 9.15 Å². The van der Waals surface area contributed by atoms with Crippen LogP contribution in [0.25, 0.3) is 0 Å². The van der Waals surface area contributed by atoms with Gasteiger partial charge in [0.25, 0.3) is 11.1 Å². The lowest BCUT2D eigenvalue weighted by Gasteiger charge is -2.30. The number of nitrogens with one attached hydrogen (secondary N) is 1. The molecule has 8 nitrogen and oxygen atoms in total. The van der Waals surface area contributed by atoms with Gasteiger partial charge in [0.2, 0.25) is 5.91 Å². The van der Waals surface area contributed by atoms with Gasteiger partial charge in [-0.2, -0.15) is 0 Å². The highest BCUT2D eigenvalue weighted by molar-refractivity contribution is 7.99. The van der Waals surface area contributed by atoms with Crippen LogP contribution in [0.15, 0.2) is 9.64 Å². The Kier molecular flexibility index (Phi) is 7.89. The van der Waals surface area contributed by atoms with Crippen molar-refractivity contribution in [3.05, 3.63) is 5.89 Å². The van der Waals surface area contributed by atoms with Crippen molar-refractivity contribution < 1.29 is 23.6 Å². The predicted octanol–water partition coefficient (Wildman–Crippen LogP) is 0.559. The number of likely N-dealkylation sites (tertiary alicyclic amines) is 1. The number of quaternary nitrogens is 1. The smallest absolute Gasteiger partial charge is 0.309 e. The van der Waals surface area contributed by atoms with Crippen LogP contribution >= 0.6 is 11.8 Å². The molecule has 0 aromatic carbocycles. The number of amides is 1. The maximum absolute atomic E-state index is 12.4. The van der Waals surface area contributed by atoms with Crippen molar-refractivity contribution in [2.24, 2.45) is 5.92 Å². The number of aromatic nitrogens is 2. The van der Waals surface area contributed by atoms with Gasteiger partial charge < -0.3 is 19.0 Å². The Morgan fingerprint density at radius 2 is 2.00 bits per heavy atom. The van der Waals surface area contributed by atoms with E-state index in [0.717, 1.165) is 6.42 Å². The Labute approximate surface area is 158 Å². The molecular weight excluding hydrogens is 356 g/mol. The number of esters is 1. The largest absolute Gasteiger partial charge is 0.466 e. The van der Waals surface area contributed by atoms with Crippen LogP contribution in [0.1, 0.15) is 45.0 Å². The molecule has 0 radical (unpaired) electrons. The first-order chi connectivity index (χ1) is 12.5. The number of hydrogen-bond acceptors (Lipinski definition) is 7. The van der Waals surface area contributed by atoms with Gasteiger partial charge >= 0.3 is 5.97 Å². The molecule has 1 amide bonds. The van der Waals surface area contributed by atoms with Gasteiger partial charge in [-0.15, -0.1) is 10.2 Å². The number of nitrogens with zero attached hydrogens (tertiary/aromatic N) is 3. The maximum atomic E-state index is 12.4. The Hall–Kier alpha value is -1.61. The molecule has 0 bridgehead atoms. The predicted molar refractivity (Wildman–Crippen MR) is 96.8 cm³/mol. The molecule has 146 valence electrons. The van der Waals surface area contributed by atoms with Crippen LogP contribution in [0, 0.1) is 5.92 Å². The summed E-state index contributed by atoms with van der Waals surface area (Å²) in [7, 11) is 4.10. The van der Waals surface area contributed by atoms with Gasteiger partial charge in [-0.25, -0.2) is 0 Å². The fourth-order valence-corrected chi connectivity index (χ4v) is 3.76. The van der Waals surface area contributed by atoms with E-state index >= 15 is 0 Å². The Morgan fingerprint density at radius 3 is 2.58 bits per heavy atom. The lowest BCUT2D eigenvalue weighted by molar-refractivity contribution is -0.894. The number of rotatable bonds is 8. The summed E-state index contributed by atoms with van der Waals surface area (Å²) in [5, 5.41) is 8.58. The standard InChI is InChI=1S/C17H28N4O4S/c1-5-13(20(3)4)15-18-19-17(25-15)26-11-14(22)21-9-7-12(8-10-21)16(23)24-6-2/h12-13H,5-11H2,1-4H3/p+1/t13-/m0/s1. The van der Waals surface area contributed by atoms with Crippen LogP contribution in [0.3, 0.4) is 0 Å². The van der Waals surface area contributed by atoms with Crippen molar-refractivity contribution in [3.8, 4) is 0 Å². The van der Waals surface area contributed by atoms with Crippen LogP contribution in [0.4, 0.5) is 0 Å². The van der Waals surface area contributed by atoms with Crippen molar-refractivity contribution in [1.82, 2.24) is 15.1 Å². The number of thioether (sulfide) groups is 1. The van der Waals surface area contributed by atoms with Gasteiger partial charge in [0, 0.05) is 19.5 Å². The molecule has 0 spiro atoms. The molecule has 0 unspecified atom stereocenters. The minimum atomic E-state index is -0.152. The van der Waals surface area contributed by atoms with Gasteiger partial charge in [-0.05, 0) is 19.8 Å². The SMILES string of the molecule is CCOC(=O)C1CCN(C(=O)CSc2nnc([C@H](CC)[NH+](C)C)o2)CC1. The third-order valence-corrected chi connectivity index (χ3v) is 5.42. The average molecular weight is 386 g/mol. The van der Waals surface area contributed by atoms with Crippen molar-refractivity contribution in [1.29, 1.82) is 0 Å². The first-order valence-electron chi connectivity index (χ1n) is 9.16. The fraction of sp³-hybridized carbons (Fsp3) is 0.765. The molecule has 2 rings (SSSR count). The fourth-order valence-electron chi connectivity index (χ4n) is 3.09. The van der Waals surface area contributed by atoms with Gasteiger partial charge in [0.1, 0.15) is 0 Å². The summed E-state index contributed by atoms with van der Waals surface area (Å²) in [6.07, 6.45) is 2.22. The molecule has 0 saturated carbocycles. The van der Waals surface area contributed by atoms with E-state index in [0.29, 0.717) is 43.7 Å². The highest BCUT2D eigenvalue weighted by atomic mass is 32.2. The van der Waals surface area contributed by atoms with Crippen molar-refractivity contribution >= 4 is 23.6 Å². The minimum absolute atomic E-state index is 0.0299. The number of ether oxygens (including phenoxy) is 1. The monoisotopic (exact) mass is 385 g/mol. The summed E-state index contributed by atoms with van der Waals surface area (Å²) in [5.74, 6) is 0.655. The average Bonchev–Trinajstić information content (AvgIpc) is 3.09. The van der Waals surface area contributed by atoms with E-state index in [1.54, 1.807) is 11.8 Å². The van der Waals surface area contributed by atoms with Crippen LogP contribution in [-0.4, -0.2) is 66.5 Å². The summed E-state index contributed by atoms with van der Waals surface area (Å²) in [6, 6.07) is 0.162. The van der Waals surface area contributed by atoms with Crippen molar-refractivity contribution in [3.63, 3.8) is 0 Å². The van der Waals surface area contributed by atoms with Crippen LogP contribution in [-0.2, 0) is 14.3 Å². The highest BCUT2D eigenvalue weighted by Gasteiger charge is 2.28. The first kappa shape index (κ1) is 20.7. The van der Waals surface area contributed by atoms with E-state index in [-0.39, 0.29) is 29.6 Å².